The Kier molecular flexibility index (Phi) is 2.73. The second-order valence-corrected chi connectivity index (χ2v) is 3.80. The van der Waals surface area contributed by atoms with Crippen molar-refractivity contribution in [3.05, 3.63) is 22.7 Å². The molecule has 0 atom stereocenters. The van der Waals surface area contributed by atoms with Gasteiger partial charge in [-0.3, -0.25) is 4.79 Å². The highest BCUT2D eigenvalue weighted by atomic mass is 16.3. The van der Waals surface area contributed by atoms with Gasteiger partial charge in [0.2, 0.25) is 0 Å². The molecule has 1 N–H and O–H groups in total. The maximum Gasteiger partial charge on any atom is 0.293 e. The van der Waals surface area contributed by atoms with Crippen molar-refractivity contribution in [2.75, 3.05) is 24.6 Å². The van der Waals surface area contributed by atoms with Crippen LogP contribution in [0.3, 0.4) is 0 Å². The molecule has 1 aromatic rings. The van der Waals surface area contributed by atoms with Crippen LogP contribution in [-0.4, -0.2) is 34.4 Å². The Morgan fingerprint density at radius 3 is 2.93 bits per heavy atom. The molecule has 0 amide bonds. The van der Waals surface area contributed by atoms with Crippen molar-refractivity contribution in [1.82, 2.24) is 9.55 Å². The highest BCUT2D eigenvalue weighted by Gasteiger charge is 2.28. The summed E-state index contributed by atoms with van der Waals surface area (Å²) in [4.78, 5) is 17.8. The first kappa shape index (κ1) is 10.2. The van der Waals surface area contributed by atoms with Crippen LogP contribution in [0, 0.1) is 5.92 Å². The van der Waals surface area contributed by atoms with Crippen LogP contribution in [0.1, 0.15) is 6.92 Å². The number of aliphatic hydroxyl groups excluding tert-OH is 1. The summed E-state index contributed by atoms with van der Waals surface area (Å²) in [5.41, 5.74) is -0.0450. The van der Waals surface area contributed by atoms with Gasteiger partial charge in [0.25, 0.3) is 5.56 Å². The van der Waals surface area contributed by atoms with Gasteiger partial charge in [-0.05, 0) is 6.92 Å². The van der Waals surface area contributed by atoms with Crippen molar-refractivity contribution in [1.29, 1.82) is 0 Å². The van der Waals surface area contributed by atoms with E-state index in [-0.39, 0.29) is 12.2 Å². The van der Waals surface area contributed by atoms with Crippen LogP contribution in [0.15, 0.2) is 17.2 Å². The fourth-order valence-electron chi connectivity index (χ4n) is 1.76. The van der Waals surface area contributed by atoms with Crippen LogP contribution < -0.4 is 10.5 Å². The van der Waals surface area contributed by atoms with E-state index in [1.165, 1.54) is 0 Å². The Morgan fingerprint density at radius 2 is 2.33 bits per heavy atom. The number of aromatic nitrogens is 2. The highest BCUT2D eigenvalue weighted by molar-refractivity contribution is 5.39. The first-order chi connectivity index (χ1) is 7.26. The summed E-state index contributed by atoms with van der Waals surface area (Å²) in [6.07, 6.45) is 3.33. The quantitative estimate of drug-likeness (QED) is 0.742. The molecule has 0 unspecified atom stereocenters. The lowest BCUT2D eigenvalue weighted by atomic mass is 10.0. The molecule has 5 nitrogen and oxygen atoms in total. The molecule has 0 radical (unpaired) electrons. The molecule has 1 aromatic heterocycles. The predicted octanol–water partition coefficient (Wildman–Crippen LogP) is -0.308. The molecular weight excluding hydrogens is 194 g/mol. The summed E-state index contributed by atoms with van der Waals surface area (Å²) < 4.78 is 1.63. The number of nitrogens with zero attached hydrogens (tertiary/aromatic N) is 3. The molecule has 2 heterocycles. The van der Waals surface area contributed by atoms with E-state index in [0.717, 1.165) is 13.1 Å². The standard InChI is InChI=1S/C10H15N3O2/c1-2-12-4-3-11-9(10(12)15)13-5-8(6-13)7-14/h3-4,8,14H,2,5-7H2,1H3. The van der Waals surface area contributed by atoms with E-state index in [2.05, 4.69) is 4.98 Å². The zero-order valence-corrected chi connectivity index (χ0v) is 8.76. The SMILES string of the molecule is CCn1ccnc(N2CC(CO)C2)c1=O. The Labute approximate surface area is 88.0 Å². The van der Waals surface area contributed by atoms with E-state index < -0.39 is 0 Å². The summed E-state index contributed by atoms with van der Waals surface area (Å²) in [6.45, 7) is 4.23. The molecule has 0 aliphatic carbocycles. The Balaban J connectivity index is 2.20. The average molecular weight is 209 g/mol. The van der Waals surface area contributed by atoms with Crippen molar-refractivity contribution in [2.45, 2.75) is 13.5 Å². The molecule has 15 heavy (non-hydrogen) atoms. The van der Waals surface area contributed by atoms with Gasteiger partial charge in [-0.15, -0.1) is 0 Å². The van der Waals surface area contributed by atoms with Crippen LogP contribution in [0.2, 0.25) is 0 Å². The summed E-state index contributed by atoms with van der Waals surface area (Å²) >= 11 is 0. The van der Waals surface area contributed by atoms with Gasteiger partial charge in [0.15, 0.2) is 5.82 Å². The number of anilines is 1. The Morgan fingerprint density at radius 1 is 1.60 bits per heavy atom. The zero-order valence-electron chi connectivity index (χ0n) is 8.76. The fourth-order valence-corrected chi connectivity index (χ4v) is 1.76. The summed E-state index contributed by atoms with van der Waals surface area (Å²) in [6, 6.07) is 0. The molecule has 0 bridgehead atoms. The third-order valence-corrected chi connectivity index (χ3v) is 2.75. The molecule has 0 aromatic carbocycles. The molecule has 0 saturated carbocycles. The average Bonchev–Trinajstić information content (AvgIpc) is 2.19. The summed E-state index contributed by atoms with van der Waals surface area (Å²) in [7, 11) is 0. The second kappa shape index (κ2) is 4.02. The molecule has 0 spiro atoms. The monoisotopic (exact) mass is 209 g/mol. The third kappa shape index (κ3) is 1.74. The van der Waals surface area contributed by atoms with Gasteiger partial charge in [0, 0.05) is 44.6 Å². The fraction of sp³-hybridized carbons (Fsp3) is 0.600. The summed E-state index contributed by atoms with van der Waals surface area (Å²) in [5.74, 6) is 0.797. The Hall–Kier alpha value is -1.36. The lowest BCUT2D eigenvalue weighted by Gasteiger charge is -2.38. The van der Waals surface area contributed by atoms with Gasteiger partial charge in [-0.1, -0.05) is 0 Å². The number of rotatable bonds is 3. The van der Waals surface area contributed by atoms with E-state index in [0.29, 0.717) is 18.3 Å². The predicted molar refractivity (Wildman–Crippen MR) is 57.0 cm³/mol. The van der Waals surface area contributed by atoms with Crippen LogP contribution in [0.4, 0.5) is 5.82 Å². The minimum Gasteiger partial charge on any atom is -0.396 e. The van der Waals surface area contributed by atoms with Crippen molar-refractivity contribution in [3.63, 3.8) is 0 Å². The van der Waals surface area contributed by atoms with Crippen molar-refractivity contribution in [2.24, 2.45) is 5.92 Å². The van der Waals surface area contributed by atoms with Crippen LogP contribution in [-0.2, 0) is 6.54 Å². The maximum atomic E-state index is 11.8. The smallest absolute Gasteiger partial charge is 0.293 e. The van der Waals surface area contributed by atoms with E-state index in [1.54, 1.807) is 17.0 Å². The van der Waals surface area contributed by atoms with E-state index in [9.17, 15) is 4.79 Å². The summed E-state index contributed by atoms with van der Waals surface area (Å²) in [5, 5.41) is 8.89. The van der Waals surface area contributed by atoms with E-state index in [1.807, 2.05) is 11.8 Å². The normalized spacial score (nSPS) is 16.5. The van der Waals surface area contributed by atoms with Gasteiger partial charge in [0.1, 0.15) is 0 Å². The molecule has 1 saturated heterocycles. The number of hydrogen-bond acceptors (Lipinski definition) is 4. The topological polar surface area (TPSA) is 58.4 Å². The van der Waals surface area contributed by atoms with Gasteiger partial charge in [0.05, 0.1) is 0 Å². The highest BCUT2D eigenvalue weighted by Crippen LogP contribution is 2.18. The van der Waals surface area contributed by atoms with Crippen LogP contribution in [0.25, 0.3) is 0 Å². The van der Waals surface area contributed by atoms with Crippen molar-refractivity contribution >= 4 is 5.82 Å². The second-order valence-electron chi connectivity index (χ2n) is 3.80. The van der Waals surface area contributed by atoms with Crippen LogP contribution >= 0.6 is 0 Å². The molecule has 5 heteroatoms. The Bertz CT molecular complexity index is 396. The lowest BCUT2D eigenvalue weighted by molar-refractivity contribution is 0.200. The van der Waals surface area contributed by atoms with Crippen molar-refractivity contribution < 1.29 is 5.11 Å². The molecule has 2 rings (SSSR count). The number of hydrogen-bond donors (Lipinski definition) is 1. The lowest BCUT2D eigenvalue weighted by Crippen LogP contribution is -2.51. The van der Waals surface area contributed by atoms with Gasteiger partial charge >= 0.3 is 0 Å². The molecular formula is C10H15N3O2. The third-order valence-electron chi connectivity index (χ3n) is 2.75. The van der Waals surface area contributed by atoms with Gasteiger partial charge < -0.3 is 14.6 Å². The van der Waals surface area contributed by atoms with Gasteiger partial charge in [-0.2, -0.15) is 0 Å². The van der Waals surface area contributed by atoms with Crippen molar-refractivity contribution in [3.8, 4) is 0 Å². The van der Waals surface area contributed by atoms with Crippen LogP contribution in [0.5, 0.6) is 0 Å². The first-order valence-corrected chi connectivity index (χ1v) is 5.17. The minimum atomic E-state index is -0.0450. The molecule has 1 fully saturated rings. The van der Waals surface area contributed by atoms with E-state index in [4.69, 9.17) is 5.11 Å². The molecule has 82 valence electrons. The van der Waals surface area contributed by atoms with E-state index >= 15 is 0 Å². The zero-order chi connectivity index (χ0) is 10.8. The first-order valence-electron chi connectivity index (χ1n) is 5.17. The van der Waals surface area contributed by atoms with Gasteiger partial charge in [-0.25, -0.2) is 4.98 Å². The molecule has 1 aliphatic rings. The number of aliphatic hydroxyl groups is 1. The molecule has 1 aliphatic heterocycles. The maximum absolute atomic E-state index is 11.8. The largest absolute Gasteiger partial charge is 0.396 e. The minimum absolute atomic E-state index is 0.0450. The number of aryl methyl sites for hydroxylation is 1.